The maximum atomic E-state index is 6.16. The highest BCUT2D eigenvalue weighted by atomic mass is 16.5. The molecule has 34 heavy (non-hydrogen) atoms. The number of nitrogens with one attached hydrogen (secondary N) is 1. The van der Waals surface area contributed by atoms with Crippen molar-refractivity contribution in [3.8, 4) is 34.3 Å². The van der Waals surface area contributed by atoms with Crippen LogP contribution in [0.2, 0.25) is 0 Å². The number of nitrogens with zero attached hydrogens (tertiary/aromatic N) is 3. The Labute approximate surface area is 197 Å². The average molecular weight is 450 g/mol. The van der Waals surface area contributed by atoms with Gasteiger partial charge in [-0.25, -0.2) is 0 Å². The predicted octanol–water partition coefficient (Wildman–Crippen LogP) is 6.24. The van der Waals surface area contributed by atoms with Gasteiger partial charge < -0.3 is 19.5 Å². The fourth-order valence-corrected chi connectivity index (χ4v) is 3.58. The van der Waals surface area contributed by atoms with Gasteiger partial charge in [0.2, 0.25) is 0 Å². The molecular formula is C27H22N4O3. The predicted molar refractivity (Wildman–Crippen MR) is 132 cm³/mol. The largest absolute Gasteiger partial charge is 0.493 e. The minimum Gasteiger partial charge on any atom is -0.493 e. The van der Waals surface area contributed by atoms with Crippen LogP contribution in [0.4, 0.5) is 11.5 Å². The summed E-state index contributed by atoms with van der Waals surface area (Å²) in [6.45, 7) is 0. The van der Waals surface area contributed by atoms with Crippen LogP contribution in [-0.4, -0.2) is 29.4 Å². The Morgan fingerprint density at radius 2 is 1.47 bits per heavy atom. The first-order valence-corrected chi connectivity index (χ1v) is 10.7. The molecule has 0 aliphatic heterocycles. The minimum absolute atomic E-state index is 0.618. The van der Waals surface area contributed by atoms with Crippen molar-refractivity contribution in [1.29, 1.82) is 0 Å². The molecule has 0 fully saturated rings. The van der Waals surface area contributed by atoms with Crippen LogP contribution in [-0.2, 0) is 0 Å². The quantitative estimate of drug-likeness (QED) is 0.314. The number of fused-ring (bicyclic) bond motifs is 1. The van der Waals surface area contributed by atoms with Crippen molar-refractivity contribution < 1.29 is 14.2 Å². The van der Waals surface area contributed by atoms with E-state index in [4.69, 9.17) is 14.2 Å². The first-order valence-electron chi connectivity index (χ1n) is 10.7. The molecule has 0 saturated heterocycles. The summed E-state index contributed by atoms with van der Waals surface area (Å²) in [6.07, 6.45) is 1.71. The summed E-state index contributed by atoms with van der Waals surface area (Å²) in [6, 6.07) is 26.9. The summed E-state index contributed by atoms with van der Waals surface area (Å²) in [5.41, 5.74) is 3.44. The standard InChI is InChI=1S/C27H22N4O3/c1-32-25-16-21-23(17-26(25)33-2)28-15-14-24(21)34-20-10-8-18(9-11-20)22-12-13-27(31-30-22)29-19-6-4-3-5-7-19/h3-17H,1-2H3,(H,29,31). The summed E-state index contributed by atoms with van der Waals surface area (Å²) < 4.78 is 17.0. The summed E-state index contributed by atoms with van der Waals surface area (Å²) in [5, 5.41) is 12.7. The van der Waals surface area contributed by atoms with Crippen LogP contribution in [0.5, 0.6) is 23.0 Å². The molecule has 168 valence electrons. The molecule has 2 aromatic heterocycles. The number of methoxy groups -OCH3 is 2. The first kappa shape index (κ1) is 21.2. The van der Waals surface area contributed by atoms with Gasteiger partial charge in [-0.15, -0.1) is 10.2 Å². The lowest BCUT2D eigenvalue weighted by atomic mass is 10.1. The van der Waals surface area contributed by atoms with E-state index in [0.29, 0.717) is 28.8 Å². The number of rotatable bonds is 7. The molecule has 2 heterocycles. The third-order valence-electron chi connectivity index (χ3n) is 5.30. The monoisotopic (exact) mass is 450 g/mol. The summed E-state index contributed by atoms with van der Waals surface area (Å²) >= 11 is 0. The molecule has 3 aromatic carbocycles. The zero-order valence-electron chi connectivity index (χ0n) is 18.7. The number of anilines is 2. The molecule has 0 saturated carbocycles. The minimum atomic E-state index is 0.618. The number of para-hydroxylation sites is 1. The fraction of sp³-hybridized carbons (Fsp3) is 0.0741. The zero-order chi connectivity index (χ0) is 23.3. The molecule has 0 amide bonds. The number of benzene rings is 3. The molecular weight excluding hydrogens is 428 g/mol. The molecule has 7 nitrogen and oxygen atoms in total. The maximum Gasteiger partial charge on any atom is 0.162 e. The molecule has 0 radical (unpaired) electrons. The molecule has 0 unspecified atom stereocenters. The van der Waals surface area contributed by atoms with E-state index in [1.807, 2.05) is 84.9 Å². The third-order valence-corrected chi connectivity index (χ3v) is 5.30. The zero-order valence-corrected chi connectivity index (χ0v) is 18.7. The maximum absolute atomic E-state index is 6.16. The average Bonchev–Trinajstić information content (AvgIpc) is 2.89. The van der Waals surface area contributed by atoms with Gasteiger partial charge >= 0.3 is 0 Å². The van der Waals surface area contributed by atoms with E-state index in [-0.39, 0.29) is 0 Å². The highest BCUT2D eigenvalue weighted by molar-refractivity contribution is 5.88. The molecule has 0 bridgehead atoms. The van der Waals surface area contributed by atoms with E-state index in [0.717, 1.165) is 27.8 Å². The second-order valence-corrected chi connectivity index (χ2v) is 7.45. The van der Waals surface area contributed by atoms with Gasteiger partial charge in [-0.3, -0.25) is 4.98 Å². The Hall–Kier alpha value is -4.65. The van der Waals surface area contributed by atoms with Gasteiger partial charge in [0.05, 0.1) is 25.4 Å². The molecule has 0 aliphatic carbocycles. The van der Waals surface area contributed by atoms with Gasteiger partial charge in [-0.2, -0.15) is 0 Å². The van der Waals surface area contributed by atoms with Crippen molar-refractivity contribution in [1.82, 2.24) is 15.2 Å². The van der Waals surface area contributed by atoms with Crippen LogP contribution in [0.25, 0.3) is 22.2 Å². The second-order valence-electron chi connectivity index (χ2n) is 7.45. The molecule has 5 rings (SSSR count). The topological polar surface area (TPSA) is 78.4 Å². The Morgan fingerprint density at radius 3 is 2.18 bits per heavy atom. The van der Waals surface area contributed by atoms with Crippen LogP contribution in [0.1, 0.15) is 0 Å². The molecule has 7 heteroatoms. The first-order chi connectivity index (χ1) is 16.7. The van der Waals surface area contributed by atoms with Crippen molar-refractivity contribution >= 4 is 22.4 Å². The number of ether oxygens (including phenoxy) is 3. The van der Waals surface area contributed by atoms with Crippen molar-refractivity contribution in [2.24, 2.45) is 0 Å². The summed E-state index contributed by atoms with van der Waals surface area (Å²) in [5.74, 6) is 3.30. The van der Waals surface area contributed by atoms with E-state index in [2.05, 4.69) is 20.5 Å². The van der Waals surface area contributed by atoms with Crippen LogP contribution in [0.15, 0.2) is 91.1 Å². The third kappa shape index (κ3) is 4.45. The van der Waals surface area contributed by atoms with Gasteiger partial charge in [0.1, 0.15) is 11.5 Å². The van der Waals surface area contributed by atoms with Gasteiger partial charge in [0, 0.05) is 28.9 Å². The molecule has 0 spiro atoms. The SMILES string of the molecule is COc1cc2nccc(Oc3ccc(-c4ccc(Nc5ccccc5)nn4)cc3)c2cc1OC. The lowest BCUT2D eigenvalue weighted by Crippen LogP contribution is -1.96. The smallest absolute Gasteiger partial charge is 0.162 e. The van der Waals surface area contributed by atoms with E-state index >= 15 is 0 Å². The van der Waals surface area contributed by atoms with Gasteiger partial charge in [-0.05, 0) is 60.7 Å². The van der Waals surface area contributed by atoms with E-state index < -0.39 is 0 Å². The molecule has 0 aliphatic rings. The van der Waals surface area contributed by atoms with Gasteiger partial charge in [-0.1, -0.05) is 18.2 Å². The number of hydrogen-bond donors (Lipinski definition) is 1. The normalized spacial score (nSPS) is 10.6. The Balaban J connectivity index is 1.34. The number of hydrogen-bond acceptors (Lipinski definition) is 7. The number of pyridine rings is 1. The van der Waals surface area contributed by atoms with E-state index in [1.165, 1.54) is 0 Å². The molecule has 0 atom stereocenters. The summed E-state index contributed by atoms with van der Waals surface area (Å²) in [4.78, 5) is 4.42. The van der Waals surface area contributed by atoms with Gasteiger partial charge in [0.25, 0.3) is 0 Å². The van der Waals surface area contributed by atoms with Crippen molar-refractivity contribution in [3.05, 3.63) is 91.1 Å². The van der Waals surface area contributed by atoms with Crippen LogP contribution < -0.4 is 19.5 Å². The lowest BCUT2D eigenvalue weighted by Gasteiger charge is -2.12. The van der Waals surface area contributed by atoms with E-state index in [1.54, 1.807) is 20.4 Å². The highest BCUT2D eigenvalue weighted by Crippen LogP contribution is 2.37. The van der Waals surface area contributed by atoms with Crippen LogP contribution in [0.3, 0.4) is 0 Å². The van der Waals surface area contributed by atoms with E-state index in [9.17, 15) is 0 Å². The second kappa shape index (κ2) is 9.46. The number of aromatic nitrogens is 3. The van der Waals surface area contributed by atoms with Gasteiger partial charge in [0.15, 0.2) is 17.3 Å². The van der Waals surface area contributed by atoms with Crippen molar-refractivity contribution in [2.75, 3.05) is 19.5 Å². The van der Waals surface area contributed by atoms with Crippen LogP contribution >= 0.6 is 0 Å². The van der Waals surface area contributed by atoms with Crippen molar-refractivity contribution in [2.45, 2.75) is 0 Å². The fourth-order valence-electron chi connectivity index (χ4n) is 3.58. The Morgan fingerprint density at radius 1 is 0.706 bits per heavy atom. The lowest BCUT2D eigenvalue weighted by molar-refractivity contribution is 0.355. The Kier molecular flexibility index (Phi) is 5.90. The highest BCUT2D eigenvalue weighted by Gasteiger charge is 2.11. The molecule has 5 aromatic rings. The molecule has 1 N–H and O–H groups in total. The van der Waals surface area contributed by atoms with Crippen LogP contribution in [0, 0.1) is 0 Å². The summed E-state index contributed by atoms with van der Waals surface area (Å²) in [7, 11) is 3.20. The Bertz CT molecular complexity index is 1410. The van der Waals surface area contributed by atoms with Crippen molar-refractivity contribution in [3.63, 3.8) is 0 Å².